The number of nitrogens with zero attached hydrogens (tertiary/aromatic N) is 3. The van der Waals surface area contributed by atoms with Crippen molar-refractivity contribution in [2.24, 2.45) is 11.8 Å². The van der Waals surface area contributed by atoms with Crippen LogP contribution < -0.4 is 26.7 Å². The second kappa shape index (κ2) is 6.28. The van der Waals surface area contributed by atoms with Gasteiger partial charge in [0.05, 0.1) is 12.5 Å². The Labute approximate surface area is 156 Å². The molecule has 2 atom stereocenters. The van der Waals surface area contributed by atoms with E-state index in [2.05, 4.69) is 13.3 Å². The quantitative estimate of drug-likeness (QED) is 0.822. The van der Waals surface area contributed by atoms with E-state index in [9.17, 15) is 9.59 Å². The summed E-state index contributed by atoms with van der Waals surface area (Å²) < 4.78 is 22.8. The van der Waals surface area contributed by atoms with Crippen LogP contribution in [0.2, 0.25) is 0 Å². The highest BCUT2D eigenvalue weighted by molar-refractivity contribution is 5.91. The van der Waals surface area contributed by atoms with Gasteiger partial charge in [0, 0.05) is 19.1 Å². The molecule has 0 amide bonds. The number of anilines is 1. The fourth-order valence-corrected chi connectivity index (χ4v) is 4.20. The third kappa shape index (κ3) is 2.61. The van der Waals surface area contributed by atoms with Gasteiger partial charge >= 0.3 is 5.69 Å². The van der Waals surface area contributed by atoms with Crippen molar-refractivity contribution in [3.05, 3.63) is 39.1 Å². The second-order valence-corrected chi connectivity index (χ2v) is 7.57. The number of fused-ring (bicyclic) bond motifs is 1. The highest BCUT2D eigenvalue weighted by atomic mass is 19.1. The maximum atomic E-state index is 15.1. The molecule has 1 aliphatic carbocycles. The van der Waals surface area contributed by atoms with Crippen LogP contribution in [0.15, 0.2) is 15.7 Å². The van der Waals surface area contributed by atoms with E-state index in [4.69, 9.17) is 10.6 Å². The Morgan fingerprint density at radius 3 is 2.56 bits per heavy atom. The van der Waals surface area contributed by atoms with Crippen molar-refractivity contribution in [1.29, 1.82) is 0 Å². The average molecular weight is 375 g/mol. The first-order valence-electron chi connectivity index (χ1n) is 9.26. The second-order valence-electron chi connectivity index (χ2n) is 7.57. The number of ether oxygens (including phenoxy) is 1. The normalized spacial score (nSPS) is 22.6. The summed E-state index contributed by atoms with van der Waals surface area (Å²) in [4.78, 5) is 27.1. The van der Waals surface area contributed by atoms with Crippen LogP contribution in [0, 0.1) is 24.1 Å². The van der Waals surface area contributed by atoms with Crippen LogP contribution in [0.4, 0.5) is 10.1 Å². The average Bonchev–Trinajstić information content (AvgIpc) is 3.41. The lowest BCUT2D eigenvalue weighted by Crippen LogP contribution is -2.44. The van der Waals surface area contributed by atoms with Crippen LogP contribution in [0.5, 0.6) is 5.75 Å². The minimum atomic E-state index is -0.717. The van der Waals surface area contributed by atoms with Crippen molar-refractivity contribution in [1.82, 2.24) is 9.24 Å². The first-order valence-corrected chi connectivity index (χ1v) is 9.26. The Morgan fingerprint density at radius 1 is 1.30 bits per heavy atom. The van der Waals surface area contributed by atoms with Gasteiger partial charge in [0.25, 0.3) is 5.56 Å². The lowest BCUT2D eigenvalue weighted by molar-refractivity contribution is 0.412. The number of hydrogen-bond donors (Lipinski definition) is 1. The summed E-state index contributed by atoms with van der Waals surface area (Å²) in [6.07, 6.45) is 3.76. The number of aromatic nitrogens is 2. The Hall–Kier alpha value is -2.51. The molecule has 4 rings (SSSR count). The first kappa shape index (κ1) is 17.9. The maximum absolute atomic E-state index is 15.1. The van der Waals surface area contributed by atoms with Gasteiger partial charge in [-0.2, -0.15) is 4.68 Å². The van der Waals surface area contributed by atoms with E-state index in [-0.39, 0.29) is 17.2 Å². The van der Waals surface area contributed by atoms with Gasteiger partial charge in [0.2, 0.25) is 0 Å². The molecule has 27 heavy (non-hydrogen) atoms. The molecule has 8 heteroatoms. The van der Waals surface area contributed by atoms with E-state index in [0.29, 0.717) is 40.8 Å². The van der Waals surface area contributed by atoms with Gasteiger partial charge in [-0.1, -0.05) is 13.8 Å². The largest absolute Gasteiger partial charge is 0.492 e. The molecular weight excluding hydrogens is 351 g/mol. The Bertz CT molecular complexity index is 1020. The van der Waals surface area contributed by atoms with Crippen molar-refractivity contribution < 1.29 is 9.13 Å². The summed E-state index contributed by atoms with van der Waals surface area (Å²) in [5.41, 5.74) is -0.667. The molecule has 1 saturated carbocycles. The van der Waals surface area contributed by atoms with Crippen LogP contribution in [0.1, 0.15) is 32.7 Å². The molecule has 145 valence electrons. The Morgan fingerprint density at radius 2 is 2.00 bits per heavy atom. The van der Waals surface area contributed by atoms with Crippen molar-refractivity contribution in [2.75, 3.05) is 30.9 Å². The molecule has 1 aromatic heterocycles. The van der Waals surface area contributed by atoms with Gasteiger partial charge in [0.15, 0.2) is 11.6 Å². The van der Waals surface area contributed by atoms with Gasteiger partial charge < -0.3 is 15.5 Å². The van der Waals surface area contributed by atoms with Gasteiger partial charge in [-0.15, -0.1) is 0 Å². The van der Waals surface area contributed by atoms with Crippen molar-refractivity contribution in [3.63, 3.8) is 0 Å². The zero-order valence-electron chi connectivity index (χ0n) is 15.7. The van der Waals surface area contributed by atoms with Crippen LogP contribution in [-0.4, -0.2) is 29.4 Å². The monoisotopic (exact) mass is 375 g/mol. The minimum absolute atomic E-state index is 0.0446. The molecule has 1 aromatic carbocycles. The molecule has 2 aliphatic rings. The molecule has 2 fully saturated rings. The SMILES string of the molecule is C[CH]C1CN(c2c(F)cc3c(=O)n(N)c(=O)n(C4CC4)c3c2OC)CC1C. The summed E-state index contributed by atoms with van der Waals surface area (Å²) in [6, 6.07) is 1.14. The summed E-state index contributed by atoms with van der Waals surface area (Å²) in [5, 5.41) is 0.0629. The number of halogens is 1. The number of nitrogen functional groups attached to an aromatic ring is 1. The van der Waals surface area contributed by atoms with Crippen LogP contribution in [0.25, 0.3) is 10.9 Å². The number of hydrogen-bond acceptors (Lipinski definition) is 5. The van der Waals surface area contributed by atoms with Crippen LogP contribution >= 0.6 is 0 Å². The smallest absolute Gasteiger partial charge is 0.350 e. The first-order chi connectivity index (χ1) is 12.9. The lowest BCUT2D eigenvalue weighted by atomic mass is 9.96. The van der Waals surface area contributed by atoms with E-state index < -0.39 is 17.1 Å². The molecule has 1 aliphatic heterocycles. The van der Waals surface area contributed by atoms with Crippen molar-refractivity contribution in [3.8, 4) is 5.75 Å². The van der Waals surface area contributed by atoms with Crippen molar-refractivity contribution in [2.45, 2.75) is 32.7 Å². The lowest BCUT2D eigenvalue weighted by Gasteiger charge is -2.24. The predicted octanol–water partition coefficient (Wildman–Crippen LogP) is 1.66. The standard InChI is InChI=1S/C19H24FN4O3/c1-4-11-9-22(8-10(11)2)16-14(20)7-13-15(17(16)27-3)23(12-5-6-12)19(26)24(21)18(13)25/h4,7,10-12H,5-6,8-9,21H2,1-3H3. The topological polar surface area (TPSA) is 82.5 Å². The Balaban J connectivity index is 2.03. The summed E-state index contributed by atoms with van der Waals surface area (Å²) in [6.45, 7) is 5.48. The van der Waals surface area contributed by atoms with Gasteiger partial charge in [-0.3, -0.25) is 9.36 Å². The molecule has 2 heterocycles. The molecule has 1 radical (unpaired) electrons. The predicted molar refractivity (Wildman–Crippen MR) is 102 cm³/mol. The van der Waals surface area contributed by atoms with E-state index >= 15 is 4.39 Å². The molecule has 7 nitrogen and oxygen atoms in total. The highest BCUT2D eigenvalue weighted by Gasteiger charge is 2.35. The number of methoxy groups -OCH3 is 1. The van der Waals surface area contributed by atoms with E-state index in [0.717, 1.165) is 12.8 Å². The third-order valence-electron chi connectivity index (χ3n) is 5.82. The van der Waals surface area contributed by atoms with Crippen LogP contribution in [0.3, 0.4) is 0 Å². The maximum Gasteiger partial charge on any atom is 0.350 e. The molecule has 2 N–H and O–H groups in total. The van der Waals surface area contributed by atoms with Crippen molar-refractivity contribution >= 4 is 16.6 Å². The minimum Gasteiger partial charge on any atom is -0.492 e. The zero-order chi connectivity index (χ0) is 19.5. The zero-order valence-corrected chi connectivity index (χ0v) is 15.7. The van der Waals surface area contributed by atoms with Gasteiger partial charge in [-0.05, 0) is 37.2 Å². The van der Waals surface area contributed by atoms with E-state index in [1.807, 2.05) is 11.8 Å². The molecular formula is C19H24FN4O3. The molecule has 0 spiro atoms. The van der Waals surface area contributed by atoms with Gasteiger partial charge in [-0.25, -0.2) is 9.18 Å². The van der Waals surface area contributed by atoms with E-state index in [1.165, 1.54) is 17.7 Å². The fourth-order valence-electron chi connectivity index (χ4n) is 4.20. The molecule has 2 aromatic rings. The number of nitrogens with two attached hydrogens (primary N) is 1. The molecule has 1 saturated heterocycles. The fraction of sp³-hybridized carbons (Fsp3) is 0.526. The van der Waals surface area contributed by atoms with Crippen LogP contribution in [-0.2, 0) is 0 Å². The molecule has 2 unspecified atom stereocenters. The summed E-state index contributed by atoms with van der Waals surface area (Å²) in [7, 11) is 1.44. The highest BCUT2D eigenvalue weighted by Crippen LogP contribution is 2.44. The molecule has 0 bridgehead atoms. The third-order valence-corrected chi connectivity index (χ3v) is 5.82. The number of rotatable bonds is 4. The summed E-state index contributed by atoms with van der Waals surface area (Å²) in [5.74, 6) is 6.07. The number of benzene rings is 1. The summed E-state index contributed by atoms with van der Waals surface area (Å²) >= 11 is 0. The van der Waals surface area contributed by atoms with E-state index in [1.54, 1.807) is 0 Å². The van der Waals surface area contributed by atoms with Gasteiger partial charge in [0.1, 0.15) is 11.2 Å². The Kier molecular flexibility index (Phi) is 4.16.